The third-order valence-corrected chi connectivity index (χ3v) is 3.69. The summed E-state index contributed by atoms with van der Waals surface area (Å²) in [5, 5.41) is 22.9. The summed E-state index contributed by atoms with van der Waals surface area (Å²) in [4.78, 5) is 33.7. The van der Waals surface area contributed by atoms with Crippen molar-refractivity contribution < 1.29 is 24.6 Å². The van der Waals surface area contributed by atoms with Gasteiger partial charge in [0.2, 0.25) is 5.91 Å². The minimum Gasteiger partial charge on any atom is -0.480 e. The zero-order chi connectivity index (χ0) is 20.5. The highest BCUT2D eigenvalue weighted by atomic mass is 16.4. The number of aliphatic carboxylic acids is 2. The van der Waals surface area contributed by atoms with Crippen molar-refractivity contribution in [3.8, 4) is 0 Å². The molecule has 1 amide bonds. The molecule has 0 aromatic rings. The van der Waals surface area contributed by atoms with Gasteiger partial charge in [0, 0.05) is 6.92 Å². The van der Waals surface area contributed by atoms with Gasteiger partial charge in [0.15, 0.2) is 0 Å². The molecular weight excluding hydrogens is 340 g/mol. The summed E-state index contributed by atoms with van der Waals surface area (Å²) in [6.45, 7) is 2.81. The molecule has 0 aliphatic heterocycles. The molecule has 6 N–H and O–H groups in total. The van der Waals surface area contributed by atoms with Crippen LogP contribution < -0.4 is 16.4 Å². The molecule has 0 unspecified atom stereocenters. The van der Waals surface area contributed by atoms with E-state index in [9.17, 15) is 14.4 Å². The first-order chi connectivity index (χ1) is 12.2. The van der Waals surface area contributed by atoms with Crippen molar-refractivity contribution in [2.75, 3.05) is 34.2 Å². The quantitative estimate of drug-likeness (QED) is 0.285. The Balaban J connectivity index is 0. The van der Waals surface area contributed by atoms with Crippen LogP contribution in [0.1, 0.15) is 45.4 Å². The lowest BCUT2D eigenvalue weighted by molar-refractivity contribution is -0.142. The first-order valence-electron chi connectivity index (χ1n) is 8.91. The highest BCUT2D eigenvalue weighted by molar-refractivity contribution is 5.81. The summed E-state index contributed by atoms with van der Waals surface area (Å²) in [5.74, 6) is -2.04. The summed E-state index contributed by atoms with van der Waals surface area (Å²) < 4.78 is 0. The lowest BCUT2D eigenvalue weighted by Gasteiger charge is -2.19. The van der Waals surface area contributed by atoms with Crippen molar-refractivity contribution in [1.82, 2.24) is 15.5 Å². The predicted octanol–water partition coefficient (Wildman–Crippen LogP) is 0.0956. The highest BCUT2D eigenvalue weighted by Crippen LogP contribution is 2.05. The minimum atomic E-state index is -0.993. The van der Waals surface area contributed by atoms with Crippen molar-refractivity contribution in [3.63, 3.8) is 0 Å². The molecule has 0 saturated carbocycles. The molecule has 0 heterocycles. The van der Waals surface area contributed by atoms with Gasteiger partial charge < -0.3 is 26.6 Å². The summed E-state index contributed by atoms with van der Waals surface area (Å²) >= 11 is 0. The highest BCUT2D eigenvalue weighted by Gasteiger charge is 2.18. The number of carbonyl (C=O) groups excluding carboxylic acids is 1. The van der Waals surface area contributed by atoms with E-state index in [1.165, 1.54) is 6.92 Å². The Hall–Kier alpha value is -1.71. The zero-order valence-electron chi connectivity index (χ0n) is 16.5. The van der Waals surface area contributed by atoms with Gasteiger partial charge in [0.1, 0.15) is 12.1 Å². The Labute approximate surface area is 156 Å². The van der Waals surface area contributed by atoms with Crippen LogP contribution in [-0.2, 0) is 14.4 Å². The van der Waals surface area contributed by atoms with E-state index in [4.69, 9.17) is 15.9 Å². The van der Waals surface area contributed by atoms with Crippen LogP contribution >= 0.6 is 0 Å². The Kier molecular flexibility index (Phi) is 17.1. The number of carboxylic acids is 2. The second kappa shape index (κ2) is 16.7. The van der Waals surface area contributed by atoms with Crippen molar-refractivity contribution in [2.24, 2.45) is 5.73 Å². The molecular formula is C17H36N4O5. The van der Waals surface area contributed by atoms with Crippen LogP contribution in [0.3, 0.4) is 0 Å². The number of nitrogens with two attached hydrogens (primary N) is 1. The van der Waals surface area contributed by atoms with Gasteiger partial charge in [0.05, 0.1) is 0 Å². The summed E-state index contributed by atoms with van der Waals surface area (Å²) in [6.07, 6.45) is 4.65. The predicted molar refractivity (Wildman–Crippen MR) is 101 cm³/mol. The number of carbonyl (C=O) groups is 3. The number of nitrogens with one attached hydrogen (secondary N) is 2. The molecule has 0 spiro atoms. The lowest BCUT2D eigenvalue weighted by Crippen LogP contribution is -2.39. The molecule has 0 fully saturated rings. The maximum absolute atomic E-state index is 10.7. The molecule has 0 aliphatic carbocycles. The largest absolute Gasteiger partial charge is 0.480 e. The SMILES string of the molecule is CC(=O)N[C@@H](CCCCN)C(=O)O.CNCCCC[C@@H](C(=O)O)N(C)C. The van der Waals surface area contributed by atoms with Gasteiger partial charge in [-0.15, -0.1) is 0 Å². The number of rotatable bonds is 13. The second-order valence-corrected chi connectivity index (χ2v) is 6.29. The van der Waals surface area contributed by atoms with Gasteiger partial charge >= 0.3 is 11.9 Å². The van der Waals surface area contributed by atoms with Gasteiger partial charge in [-0.1, -0.05) is 6.42 Å². The van der Waals surface area contributed by atoms with E-state index in [2.05, 4.69) is 10.6 Å². The monoisotopic (exact) mass is 376 g/mol. The maximum atomic E-state index is 10.7. The van der Waals surface area contributed by atoms with Crippen LogP contribution in [-0.4, -0.2) is 79.3 Å². The van der Waals surface area contributed by atoms with E-state index in [1.54, 1.807) is 19.0 Å². The molecule has 154 valence electrons. The number of carboxylic acid groups (broad SMARTS) is 2. The van der Waals surface area contributed by atoms with Crippen LogP contribution in [0.15, 0.2) is 0 Å². The van der Waals surface area contributed by atoms with Crippen LogP contribution in [0.25, 0.3) is 0 Å². The molecule has 0 aliphatic rings. The summed E-state index contributed by atoms with van der Waals surface area (Å²) in [5.41, 5.74) is 5.26. The minimum absolute atomic E-state index is 0.319. The molecule has 0 aromatic heterocycles. The fourth-order valence-electron chi connectivity index (χ4n) is 2.24. The molecule has 0 aromatic carbocycles. The van der Waals surface area contributed by atoms with Gasteiger partial charge in [-0.25, -0.2) is 4.79 Å². The maximum Gasteiger partial charge on any atom is 0.326 e. The lowest BCUT2D eigenvalue weighted by atomic mass is 10.1. The molecule has 0 bridgehead atoms. The normalized spacial score (nSPS) is 12.7. The van der Waals surface area contributed by atoms with Crippen LogP contribution in [0.2, 0.25) is 0 Å². The smallest absolute Gasteiger partial charge is 0.326 e. The zero-order valence-corrected chi connectivity index (χ0v) is 16.5. The fourth-order valence-corrected chi connectivity index (χ4v) is 2.24. The van der Waals surface area contributed by atoms with E-state index in [-0.39, 0.29) is 11.9 Å². The van der Waals surface area contributed by atoms with Crippen molar-refractivity contribution in [2.45, 2.75) is 57.5 Å². The third-order valence-electron chi connectivity index (χ3n) is 3.69. The Morgan fingerprint density at radius 3 is 1.96 bits per heavy atom. The van der Waals surface area contributed by atoms with Crippen molar-refractivity contribution in [3.05, 3.63) is 0 Å². The number of nitrogens with zero attached hydrogens (tertiary/aromatic N) is 1. The average molecular weight is 376 g/mol. The molecule has 2 atom stereocenters. The number of amides is 1. The molecule has 0 radical (unpaired) electrons. The molecule has 9 nitrogen and oxygen atoms in total. The average Bonchev–Trinajstić information content (AvgIpc) is 2.53. The van der Waals surface area contributed by atoms with E-state index in [1.807, 2.05) is 7.05 Å². The summed E-state index contributed by atoms with van der Waals surface area (Å²) in [6, 6.07) is -1.11. The first kappa shape index (κ1) is 26.5. The second-order valence-electron chi connectivity index (χ2n) is 6.29. The molecule has 0 saturated heterocycles. The van der Waals surface area contributed by atoms with Crippen molar-refractivity contribution >= 4 is 17.8 Å². The molecule has 9 heteroatoms. The van der Waals surface area contributed by atoms with E-state index < -0.39 is 18.0 Å². The van der Waals surface area contributed by atoms with E-state index in [0.717, 1.165) is 32.2 Å². The van der Waals surface area contributed by atoms with Gasteiger partial charge in [-0.2, -0.15) is 0 Å². The number of hydrogen-bond donors (Lipinski definition) is 5. The van der Waals surface area contributed by atoms with Gasteiger partial charge in [0.25, 0.3) is 0 Å². The van der Waals surface area contributed by atoms with Crippen LogP contribution in [0.5, 0.6) is 0 Å². The van der Waals surface area contributed by atoms with E-state index >= 15 is 0 Å². The third kappa shape index (κ3) is 15.8. The first-order valence-corrected chi connectivity index (χ1v) is 8.91. The number of hydrogen-bond acceptors (Lipinski definition) is 6. The van der Waals surface area contributed by atoms with Gasteiger partial charge in [-0.3, -0.25) is 14.5 Å². The Morgan fingerprint density at radius 2 is 1.58 bits per heavy atom. The Bertz CT molecular complexity index is 405. The summed E-state index contributed by atoms with van der Waals surface area (Å²) in [7, 11) is 5.51. The fraction of sp³-hybridized carbons (Fsp3) is 0.824. The molecule has 0 rings (SSSR count). The van der Waals surface area contributed by atoms with Crippen LogP contribution in [0.4, 0.5) is 0 Å². The number of likely N-dealkylation sites (N-methyl/N-ethyl adjacent to an activating group) is 1. The standard InChI is InChI=1S/C9H20N2O2.C8H16N2O3/c1-10-7-5-4-6-8(9(12)13)11(2)3;1-6(11)10-7(8(12)13)4-2-3-5-9/h8,10H,4-7H2,1-3H3,(H,12,13);7H,2-5,9H2,1H3,(H,10,11)(H,12,13)/t8-;7-/m00/s1. The van der Waals surface area contributed by atoms with Crippen molar-refractivity contribution in [1.29, 1.82) is 0 Å². The molecule has 26 heavy (non-hydrogen) atoms. The van der Waals surface area contributed by atoms with E-state index in [0.29, 0.717) is 19.4 Å². The Morgan fingerprint density at radius 1 is 1.00 bits per heavy atom. The topological polar surface area (TPSA) is 145 Å². The van der Waals surface area contributed by atoms with Gasteiger partial charge in [-0.05, 0) is 66.3 Å². The number of unbranched alkanes of at least 4 members (excludes halogenated alkanes) is 2. The van der Waals surface area contributed by atoms with Crippen LogP contribution in [0, 0.1) is 0 Å².